The lowest BCUT2D eigenvalue weighted by atomic mass is 9.86. The lowest BCUT2D eigenvalue weighted by molar-refractivity contribution is -0.153. The molecule has 0 aromatic heterocycles. The number of aliphatic carboxylic acids is 1. The highest BCUT2D eigenvalue weighted by Gasteiger charge is 2.36. The van der Waals surface area contributed by atoms with Gasteiger partial charge in [-0.1, -0.05) is 112 Å². The normalized spacial score (nSPS) is 13.0. The highest BCUT2D eigenvalue weighted by Crippen LogP contribution is 2.29. The van der Waals surface area contributed by atoms with Gasteiger partial charge in [0.25, 0.3) is 0 Å². The first kappa shape index (κ1) is 29.4. The minimum Gasteiger partial charge on any atom is -0.481 e. The van der Waals surface area contributed by atoms with Crippen LogP contribution in [0.3, 0.4) is 0 Å². The lowest BCUT2D eigenvalue weighted by Crippen LogP contribution is -2.51. The molecule has 1 amide bonds. The summed E-state index contributed by atoms with van der Waals surface area (Å²) in [6.07, 6.45) is 3.60. The molecule has 3 rings (SSSR count). The van der Waals surface area contributed by atoms with Crippen molar-refractivity contribution in [3.63, 3.8) is 0 Å². The van der Waals surface area contributed by atoms with Gasteiger partial charge in [0.2, 0.25) is 5.91 Å². The molecule has 0 fully saturated rings. The van der Waals surface area contributed by atoms with Crippen molar-refractivity contribution in [3.05, 3.63) is 102 Å². The van der Waals surface area contributed by atoms with E-state index in [2.05, 4.69) is 5.32 Å². The van der Waals surface area contributed by atoms with Gasteiger partial charge in [-0.05, 0) is 46.6 Å². The first-order valence-corrected chi connectivity index (χ1v) is 13.1. The molecule has 6 nitrogen and oxygen atoms in total. The molecule has 2 atom stereocenters. The number of carboxylic acid groups (broad SMARTS) is 1. The summed E-state index contributed by atoms with van der Waals surface area (Å²) < 4.78 is 5.50. The zero-order valence-electron chi connectivity index (χ0n) is 23.0. The average Bonchev–Trinajstić information content (AvgIpc) is 2.90. The Balaban J connectivity index is 1.75. The third-order valence-electron chi connectivity index (χ3n) is 6.49. The molecule has 0 aliphatic carbocycles. The van der Waals surface area contributed by atoms with Crippen molar-refractivity contribution in [1.82, 2.24) is 5.32 Å². The molecule has 0 saturated heterocycles. The molecule has 0 spiro atoms. The monoisotopic (exact) mass is 527 g/mol. The Morgan fingerprint density at radius 1 is 0.923 bits per heavy atom. The lowest BCUT2D eigenvalue weighted by Gasteiger charge is -2.30. The Morgan fingerprint density at radius 2 is 1.56 bits per heavy atom. The van der Waals surface area contributed by atoms with E-state index in [1.165, 1.54) is 0 Å². The van der Waals surface area contributed by atoms with Crippen molar-refractivity contribution >= 4 is 23.9 Å². The van der Waals surface area contributed by atoms with Crippen LogP contribution in [0.15, 0.2) is 84.9 Å². The van der Waals surface area contributed by atoms with E-state index >= 15 is 0 Å². The fraction of sp³-hybridized carbons (Fsp3) is 0.303. The molecule has 204 valence electrons. The fourth-order valence-electron chi connectivity index (χ4n) is 4.38. The van der Waals surface area contributed by atoms with Gasteiger partial charge in [-0.3, -0.25) is 9.59 Å². The second kappa shape index (κ2) is 13.6. The summed E-state index contributed by atoms with van der Waals surface area (Å²) in [5.41, 5.74) is 4.46. The van der Waals surface area contributed by atoms with Crippen LogP contribution < -0.4 is 5.32 Å². The molecule has 6 heteroatoms. The first-order valence-electron chi connectivity index (χ1n) is 13.1. The number of esters is 1. The summed E-state index contributed by atoms with van der Waals surface area (Å²) in [4.78, 5) is 37.9. The number of carbonyl (C=O) groups is 3. The predicted octanol–water partition coefficient (Wildman–Crippen LogP) is 6.43. The zero-order chi connectivity index (χ0) is 28.4. The number of benzene rings is 3. The fourth-order valence-corrected chi connectivity index (χ4v) is 4.38. The number of ether oxygens (including phenoxy) is 1. The Bertz CT molecular complexity index is 1290. The van der Waals surface area contributed by atoms with Crippen LogP contribution in [0, 0.1) is 18.3 Å². The van der Waals surface area contributed by atoms with Crippen LogP contribution in [-0.4, -0.2) is 29.0 Å². The molecule has 3 aromatic carbocycles. The summed E-state index contributed by atoms with van der Waals surface area (Å²) in [5, 5.41) is 12.3. The number of allylic oxidation sites excluding steroid dienone is 1. The van der Waals surface area contributed by atoms with Crippen LogP contribution in [0.2, 0.25) is 0 Å². The third kappa shape index (κ3) is 8.67. The number of hydrogen-bond acceptors (Lipinski definition) is 4. The van der Waals surface area contributed by atoms with Crippen molar-refractivity contribution in [2.45, 2.75) is 53.2 Å². The van der Waals surface area contributed by atoms with Gasteiger partial charge in [0.05, 0.1) is 12.3 Å². The van der Waals surface area contributed by atoms with Crippen LogP contribution in [-0.2, 0) is 25.7 Å². The van der Waals surface area contributed by atoms with Crippen molar-refractivity contribution < 1.29 is 24.2 Å². The molecule has 0 radical (unpaired) electrons. The van der Waals surface area contributed by atoms with Crippen LogP contribution in [0.5, 0.6) is 0 Å². The third-order valence-corrected chi connectivity index (χ3v) is 6.49. The van der Waals surface area contributed by atoms with Gasteiger partial charge >= 0.3 is 11.9 Å². The molecule has 0 bridgehead atoms. The average molecular weight is 528 g/mol. The Labute approximate surface area is 230 Å². The van der Waals surface area contributed by atoms with Crippen LogP contribution >= 0.6 is 0 Å². The molecule has 0 saturated carbocycles. The SMILES string of the molecule is Cc1cccc(C=CC[C@H](CC(=O)O)C(=O)N[C@H](C(=O)OCc2ccccc2)C(C)(C)C)c1-c1ccccc1. The Morgan fingerprint density at radius 3 is 2.18 bits per heavy atom. The van der Waals surface area contributed by atoms with Crippen LogP contribution in [0.25, 0.3) is 17.2 Å². The number of nitrogens with one attached hydrogen (secondary N) is 1. The van der Waals surface area contributed by atoms with Gasteiger partial charge in [0.15, 0.2) is 0 Å². The number of hydrogen-bond donors (Lipinski definition) is 2. The largest absolute Gasteiger partial charge is 0.481 e. The van der Waals surface area contributed by atoms with E-state index in [-0.39, 0.29) is 19.4 Å². The van der Waals surface area contributed by atoms with Gasteiger partial charge in [0.1, 0.15) is 12.6 Å². The maximum Gasteiger partial charge on any atom is 0.329 e. The van der Waals surface area contributed by atoms with Crippen LogP contribution in [0.4, 0.5) is 0 Å². The smallest absolute Gasteiger partial charge is 0.329 e. The molecule has 0 aliphatic heterocycles. The number of aryl methyl sites for hydroxylation is 1. The van der Waals surface area contributed by atoms with E-state index in [0.29, 0.717) is 0 Å². The maximum atomic E-state index is 13.3. The van der Waals surface area contributed by atoms with Crippen molar-refractivity contribution in [2.24, 2.45) is 11.3 Å². The van der Waals surface area contributed by atoms with E-state index in [4.69, 9.17) is 4.74 Å². The molecule has 0 heterocycles. The molecule has 3 aromatic rings. The molecule has 0 aliphatic rings. The van der Waals surface area contributed by atoms with Crippen molar-refractivity contribution in [3.8, 4) is 11.1 Å². The first-order chi connectivity index (χ1) is 18.6. The van der Waals surface area contributed by atoms with E-state index < -0.39 is 35.2 Å². The van der Waals surface area contributed by atoms with E-state index in [1.807, 2.05) is 119 Å². The highest BCUT2D eigenvalue weighted by molar-refractivity contribution is 5.88. The molecule has 0 unspecified atom stereocenters. The summed E-state index contributed by atoms with van der Waals surface area (Å²) in [6.45, 7) is 7.62. The molecular weight excluding hydrogens is 490 g/mol. The Hall–Kier alpha value is -4.19. The quantitative estimate of drug-likeness (QED) is 0.280. The molecule has 39 heavy (non-hydrogen) atoms. The van der Waals surface area contributed by atoms with Crippen molar-refractivity contribution in [2.75, 3.05) is 0 Å². The summed E-state index contributed by atoms with van der Waals surface area (Å²) in [5.74, 6) is -2.98. The summed E-state index contributed by atoms with van der Waals surface area (Å²) in [6, 6.07) is 24.4. The van der Waals surface area contributed by atoms with E-state index in [1.54, 1.807) is 0 Å². The van der Waals surface area contributed by atoms with Gasteiger partial charge in [-0.15, -0.1) is 0 Å². The Kier molecular flexibility index (Phi) is 10.2. The molecular formula is C33H37NO5. The van der Waals surface area contributed by atoms with E-state index in [9.17, 15) is 19.5 Å². The van der Waals surface area contributed by atoms with E-state index in [0.717, 1.165) is 27.8 Å². The van der Waals surface area contributed by atoms with Gasteiger partial charge in [-0.2, -0.15) is 0 Å². The van der Waals surface area contributed by atoms with Gasteiger partial charge in [0, 0.05) is 0 Å². The zero-order valence-corrected chi connectivity index (χ0v) is 23.0. The number of amides is 1. The topological polar surface area (TPSA) is 92.7 Å². The second-order valence-corrected chi connectivity index (χ2v) is 10.7. The summed E-state index contributed by atoms with van der Waals surface area (Å²) in [7, 11) is 0. The second-order valence-electron chi connectivity index (χ2n) is 10.7. The molecule has 2 N–H and O–H groups in total. The van der Waals surface area contributed by atoms with Gasteiger partial charge in [-0.25, -0.2) is 4.79 Å². The standard InChI is InChI=1S/C33H37NO5/c1-23-13-11-18-26(29(23)25-16-9-6-10-17-25)19-12-20-27(21-28(35)36)31(37)34-30(33(2,3)4)32(38)39-22-24-14-7-5-8-15-24/h5-19,27,30H,20-22H2,1-4H3,(H,34,37)(H,35,36)/t27-,30-/m1/s1. The number of carboxylic acids is 1. The van der Waals surface area contributed by atoms with Gasteiger partial charge < -0.3 is 15.2 Å². The summed E-state index contributed by atoms with van der Waals surface area (Å²) >= 11 is 0. The predicted molar refractivity (Wildman–Crippen MR) is 154 cm³/mol. The van der Waals surface area contributed by atoms with Crippen molar-refractivity contribution in [1.29, 1.82) is 0 Å². The minimum atomic E-state index is -1.08. The van der Waals surface area contributed by atoms with Crippen LogP contribution in [0.1, 0.15) is 50.3 Å². The highest BCUT2D eigenvalue weighted by atomic mass is 16.5. The number of rotatable bonds is 11. The number of carbonyl (C=O) groups excluding carboxylic acids is 2. The maximum absolute atomic E-state index is 13.3. The minimum absolute atomic E-state index is 0.0870.